The molecule has 0 aliphatic carbocycles. The topological polar surface area (TPSA) is 60.9 Å². The lowest BCUT2D eigenvalue weighted by Gasteiger charge is -2.36. The van der Waals surface area contributed by atoms with Gasteiger partial charge in [-0.2, -0.15) is 0 Å². The lowest BCUT2D eigenvalue weighted by molar-refractivity contribution is 0.0746. The Bertz CT molecular complexity index is 1260. The third-order valence-corrected chi connectivity index (χ3v) is 6.51. The number of para-hydroxylation sites is 1. The van der Waals surface area contributed by atoms with Crippen LogP contribution in [0.2, 0.25) is 5.02 Å². The molecule has 2 aliphatic rings. The molecule has 1 fully saturated rings. The number of carbonyl (C=O) groups excluding carboxylic acids is 3. The van der Waals surface area contributed by atoms with E-state index < -0.39 is 5.91 Å². The molecule has 1 saturated heterocycles. The maximum atomic E-state index is 13.2. The number of piperazine rings is 1. The Labute approximate surface area is 197 Å². The number of amides is 3. The van der Waals surface area contributed by atoms with E-state index in [0.717, 1.165) is 11.3 Å². The highest BCUT2D eigenvalue weighted by Crippen LogP contribution is 2.30. The van der Waals surface area contributed by atoms with E-state index in [0.29, 0.717) is 48.0 Å². The van der Waals surface area contributed by atoms with Gasteiger partial charge in [-0.15, -0.1) is 0 Å². The van der Waals surface area contributed by atoms with E-state index in [-0.39, 0.29) is 17.4 Å². The van der Waals surface area contributed by atoms with Gasteiger partial charge >= 0.3 is 0 Å². The van der Waals surface area contributed by atoms with E-state index in [4.69, 9.17) is 11.6 Å². The monoisotopic (exact) mass is 459 g/mol. The van der Waals surface area contributed by atoms with Gasteiger partial charge in [-0.1, -0.05) is 41.4 Å². The van der Waals surface area contributed by atoms with Gasteiger partial charge in [0.25, 0.3) is 17.7 Å². The first-order valence-electron chi connectivity index (χ1n) is 10.8. The minimum Gasteiger partial charge on any atom is -0.367 e. The Hall–Kier alpha value is -3.64. The number of imide groups is 1. The maximum absolute atomic E-state index is 13.2. The predicted octanol–water partition coefficient (Wildman–Crippen LogP) is 4.41. The van der Waals surface area contributed by atoms with E-state index in [2.05, 4.69) is 4.90 Å². The van der Waals surface area contributed by atoms with Crippen LogP contribution in [0, 0.1) is 6.92 Å². The zero-order valence-corrected chi connectivity index (χ0v) is 18.9. The van der Waals surface area contributed by atoms with Crippen molar-refractivity contribution in [1.82, 2.24) is 4.90 Å². The van der Waals surface area contributed by atoms with Gasteiger partial charge in [0.2, 0.25) is 0 Å². The van der Waals surface area contributed by atoms with E-state index in [1.165, 1.54) is 4.90 Å². The Morgan fingerprint density at radius 1 is 0.818 bits per heavy atom. The van der Waals surface area contributed by atoms with Crippen molar-refractivity contribution in [1.29, 1.82) is 0 Å². The highest BCUT2D eigenvalue weighted by atomic mass is 35.5. The highest BCUT2D eigenvalue weighted by molar-refractivity contribution is 6.35. The standard InChI is InChI=1S/C26H22ClN3O3/c1-17-6-9-19(10-7-17)30-25(32)20-11-8-18(16-21(20)26(30)33)24(31)29-14-12-28(13-15-29)23-5-3-2-4-22(23)27/h2-11,16H,12-15H2,1H3. The number of fused-ring (bicyclic) bond motifs is 1. The summed E-state index contributed by atoms with van der Waals surface area (Å²) in [5.74, 6) is -0.922. The third kappa shape index (κ3) is 3.76. The maximum Gasteiger partial charge on any atom is 0.266 e. The fraction of sp³-hybridized carbons (Fsp3) is 0.192. The number of hydrogen-bond acceptors (Lipinski definition) is 4. The lowest BCUT2D eigenvalue weighted by atomic mass is 10.0. The van der Waals surface area contributed by atoms with Crippen molar-refractivity contribution in [3.05, 3.63) is 94.0 Å². The molecule has 3 amide bonds. The van der Waals surface area contributed by atoms with Crippen LogP contribution >= 0.6 is 11.6 Å². The molecule has 0 atom stereocenters. The van der Waals surface area contributed by atoms with E-state index in [1.807, 2.05) is 43.3 Å². The molecule has 0 spiro atoms. The number of carbonyl (C=O) groups is 3. The van der Waals surface area contributed by atoms with Crippen LogP contribution in [0.25, 0.3) is 0 Å². The van der Waals surface area contributed by atoms with Crippen LogP contribution in [0.15, 0.2) is 66.7 Å². The molecule has 2 heterocycles. The van der Waals surface area contributed by atoms with Crippen molar-refractivity contribution in [2.45, 2.75) is 6.92 Å². The molecule has 33 heavy (non-hydrogen) atoms. The fourth-order valence-electron chi connectivity index (χ4n) is 4.34. The minimum absolute atomic E-state index is 0.148. The Kier molecular flexibility index (Phi) is 5.38. The van der Waals surface area contributed by atoms with Crippen LogP contribution in [-0.2, 0) is 0 Å². The van der Waals surface area contributed by atoms with Gasteiger partial charge in [-0.25, -0.2) is 4.90 Å². The fourth-order valence-corrected chi connectivity index (χ4v) is 4.60. The Balaban J connectivity index is 1.33. The summed E-state index contributed by atoms with van der Waals surface area (Å²) >= 11 is 6.31. The zero-order valence-electron chi connectivity index (χ0n) is 18.1. The number of rotatable bonds is 3. The summed E-state index contributed by atoms with van der Waals surface area (Å²) in [5, 5.41) is 0.692. The van der Waals surface area contributed by atoms with Gasteiger partial charge in [0.1, 0.15) is 0 Å². The molecule has 0 radical (unpaired) electrons. The Morgan fingerprint density at radius 2 is 1.48 bits per heavy atom. The van der Waals surface area contributed by atoms with Gasteiger partial charge in [-0.05, 0) is 49.4 Å². The number of halogens is 1. The summed E-state index contributed by atoms with van der Waals surface area (Å²) in [6.07, 6.45) is 0. The molecular formula is C26H22ClN3O3. The molecule has 3 aromatic rings. The van der Waals surface area contributed by atoms with Crippen molar-refractivity contribution in [3.63, 3.8) is 0 Å². The lowest BCUT2D eigenvalue weighted by Crippen LogP contribution is -2.48. The van der Waals surface area contributed by atoms with Crippen LogP contribution in [0.1, 0.15) is 36.6 Å². The van der Waals surface area contributed by atoms with Crippen LogP contribution < -0.4 is 9.80 Å². The van der Waals surface area contributed by atoms with E-state index >= 15 is 0 Å². The molecular weight excluding hydrogens is 438 g/mol. The van der Waals surface area contributed by atoms with Crippen molar-refractivity contribution < 1.29 is 14.4 Å². The predicted molar refractivity (Wildman–Crippen MR) is 128 cm³/mol. The number of hydrogen-bond donors (Lipinski definition) is 0. The second-order valence-corrected chi connectivity index (χ2v) is 8.68. The molecule has 166 valence electrons. The van der Waals surface area contributed by atoms with Crippen LogP contribution in [0.3, 0.4) is 0 Å². The summed E-state index contributed by atoms with van der Waals surface area (Å²) < 4.78 is 0. The molecule has 0 N–H and O–H groups in total. The summed E-state index contributed by atoms with van der Waals surface area (Å²) in [4.78, 5) is 44.2. The molecule has 0 aromatic heterocycles. The number of anilines is 2. The van der Waals surface area contributed by atoms with Gasteiger partial charge in [0.15, 0.2) is 0 Å². The molecule has 3 aromatic carbocycles. The van der Waals surface area contributed by atoms with Crippen molar-refractivity contribution in [2.75, 3.05) is 36.0 Å². The molecule has 7 heteroatoms. The first kappa shape index (κ1) is 21.2. The quantitative estimate of drug-likeness (QED) is 0.544. The molecule has 2 aliphatic heterocycles. The molecule has 0 bridgehead atoms. The molecule has 6 nitrogen and oxygen atoms in total. The second-order valence-electron chi connectivity index (χ2n) is 8.27. The third-order valence-electron chi connectivity index (χ3n) is 6.19. The van der Waals surface area contributed by atoms with Crippen LogP contribution in [0.5, 0.6) is 0 Å². The summed E-state index contributed by atoms with van der Waals surface area (Å²) in [7, 11) is 0. The minimum atomic E-state index is -0.406. The molecule has 5 rings (SSSR count). The average Bonchev–Trinajstić information content (AvgIpc) is 3.09. The van der Waals surface area contributed by atoms with E-state index in [9.17, 15) is 14.4 Å². The number of benzene rings is 3. The largest absolute Gasteiger partial charge is 0.367 e. The van der Waals surface area contributed by atoms with Gasteiger partial charge in [0, 0.05) is 31.7 Å². The van der Waals surface area contributed by atoms with Gasteiger partial charge in [-0.3, -0.25) is 14.4 Å². The second kappa shape index (κ2) is 8.37. The van der Waals surface area contributed by atoms with Crippen molar-refractivity contribution >= 4 is 40.7 Å². The SMILES string of the molecule is Cc1ccc(N2C(=O)c3ccc(C(=O)N4CCN(c5ccccc5Cl)CC4)cc3C2=O)cc1. The van der Waals surface area contributed by atoms with Crippen molar-refractivity contribution in [2.24, 2.45) is 0 Å². The van der Waals surface area contributed by atoms with Crippen LogP contribution in [-0.4, -0.2) is 48.8 Å². The number of nitrogens with zero attached hydrogens (tertiary/aromatic N) is 3. The first-order chi connectivity index (χ1) is 15.9. The Morgan fingerprint density at radius 3 is 2.18 bits per heavy atom. The summed E-state index contributed by atoms with van der Waals surface area (Å²) in [5.41, 5.74) is 3.52. The molecule has 0 saturated carbocycles. The summed E-state index contributed by atoms with van der Waals surface area (Å²) in [6.45, 7) is 4.36. The normalized spacial score (nSPS) is 15.8. The van der Waals surface area contributed by atoms with Crippen LogP contribution in [0.4, 0.5) is 11.4 Å². The summed E-state index contributed by atoms with van der Waals surface area (Å²) in [6, 6.07) is 19.6. The zero-order chi connectivity index (χ0) is 23.1. The first-order valence-corrected chi connectivity index (χ1v) is 11.2. The smallest absolute Gasteiger partial charge is 0.266 e. The number of aryl methyl sites for hydroxylation is 1. The average molecular weight is 460 g/mol. The van der Waals surface area contributed by atoms with E-state index in [1.54, 1.807) is 35.2 Å². The van der Waals surface area contributed by atoms with Gasteiger partial charge in [0.05, 0.1) is 27.5 Å². The highest BCUT2D eigenvalue weighted by Gasteiger charge is 2.37. The molecule has 0 unspecified atom stereocenters. The van der Waals surface area contributed by atoms with Crippen molar-refractivity contribution in [3.8, 4) is 0 Å². The van der Waals surface area contributed by atoms with Gasteiger partial charge < -0.3 is 9.80 Å².